The third-order valence-corrected chi connectivity index (χ3v) is 1.98. The van der Waals surface area contributed by atoms with E-state index in [9.17, 15) is 4.79 Å². The third-order valence-electron chi connectivity index (χ3n) is 1.98. The molecule has 0 aromatic heterocycles. The topological polar surface area (TPSA) is 64.3 Å². The number of nitrogen functional groups attached to an aromatic ring is 1. The van der Waals surface area contributed by atoms with Crippen LogP contribution in [0, 0.1) is 6.92 Å². The van der Waals surface area contributed by atoms with Crippen LogP contribution >= 0.6 is 0 Å². The molecule has 0 fully saturated rings. The first-order chi connectivity index (χ1) is 6.70. The molecule has 0 radical (unpaired) electrons. The van der Waals surface area contributed by atoms with Crippen molar-refractivity contribution in [1.82, 2.24) is 0 Å². The Balaban J connectivity index is 3.03. The second-order valence-electron chi connectivity index (χ2n) is 2.84. The highest BCUT2D eigenvalue weighted by molar-refractivity contribution is 5.92. The van der Waals surface area contributed by atoms with Crippen LogP contribution < -0.4 is 11.3 Å². The van der Waals surface area contributed by atoms with Gasteiger partial charge < -0.3 is 10.2 Å². The third kappa shape index (κ3) is 2.03. The van der Waals surface area contributed by atoms with Crippen LogP contribution in [0.1, 0.15) is 22.8 Å². The van der Waals surface area contributed by atoms with Crippen molar-refractivity contribution < 1.29 is 9.53 Å². The predicted molar refractivity (Wildman–Crippen MR) is 54.9 cm³/mol. The SMILES string of the molecule is CCOC(=O)c1cccc(NN)c1C. The molecule has 0 atom stereocenters. The number of anilines is 1. The van der Waals surface area contributed by atoms with Gasteiger partial charge in [0, 0.05) is 0 Å². The van der Waals surface area contributed by atoms with Crippen LogP contribution in [0.5, 0.6) is 0 Å². The molecule has 76 valence electrons. The molecule has 1 aromatic rings. The molecule has 0 amide bonds. The molecule has 0 heterocycles. The Kier molecular flexibility index (Phi) is 3.48. The number of carbonyl (C=O) groups excluding carboxylic acids is 1. The number of hydrogen-bond donors (Lipinski definition) is 2. The van der Waals surface area contributed by atoms with Crippen molar-refractivity contribution in [3.63, 3.8) is 0 Å². The van der Waals surface area contributed by atoms with Crippen molar-refractivity contribution >= 4 is 11.7 Å². The summed E-state index contributed by atoms with van der Waals surface area (Å²) in [6, 6.07) is 5.28. The summed E-state index contributed by atoms with van der Waals surface area (Å²) < 4.78 is 4.90. The van der Waals surface area contributed by atoms with Crippen molar-refractivity contribution in [3.05, 3.63) is 29.3 Å². The summed E-state index contributed by atoms with van der Waals surface area (Å²) >= 11 is 0. The van der Waals surface area contributed by atoms with Gasteiger partial charge in [-0.25, -0.2) is 4.79 Å². The molecule has 0 aliphatic rings. The molecule has 3 N–H and O–H groups in total. The normalized spacial score (nSPS) is 9.64. The molecule has 4 heteroatoms. The monoisotopic (exact) mass is 194 g/mol. The van der Waals surface area contributed by atoms with Gasteiger partial charge in [-0.3, -0.25) is 5.84 Å². The zero-order chi connectivity index (χ0) is 10.6. The molecule has 0 aliphatic carbocycles. The van der Waals surface area contributed by atoms with E-state index in [0.717, 1.165) is 11.3 Å². The van der Waals surface area contributed by atoms with E-state index in [1.54, 1.807) is 25.1 Å². The highest BCUT2D eigenvalue weighted by Crippen LogP contribution is 2.18. The van der Waals surface area contributed by atoms with Crippen LogP contribution in [0.4, 0.5) is 5.69 Å². The minimum absolute atomic E-state index is 0.317. The predicted octanol–water partition coefficient (Wildman–Crippen LogP) is 1.46. The summed E-state index contributed by atoms with van der Waals surface area (Å²) in [5.41, 5.74) is 4.60. The average molecular weight is 194 g/mol. The van der Waals surface area contributed by atoms with E-state index in [1.165, 1.54) is 0 Å². The highest BCUT2D eigenvalue weighted by Gasteiger charge is 2.11. The fraction of sp³-hybridized carbons (Fsp3) is 0.300. The van der Waals surface area contributed by atoms with Gasteiger partial charge in [0.15, 0.2) is 0 Å². The standard InChI is InChI=1S/C10H14N2O2/c1-3-14-10(13)8-5-4-6-9(12-11)7(8)2/h4-6,12H,3,11H2,1-2H3. The lowest BCUT2D eigenvalue weighted by Crippen LogP contribution is -2.12. The Hall–Kier alpha value is -1.55. The number of benzene rings is 1. The lowest BCUT2D eigenvalue weighted by atomic mass is 10.1. The number of hydrogen-bond acceptors (Lipinski definition) is 4. The van der Waals surface area contributed by atoms with Gasteiger partial charge in [-0.15, -0.1) is 0 Å². The van der Waals surface area contributed by atoms with Crippen LogP contribution in [0.2, 0.25) is 0 Å². The van der Waals surface area contributed by atoms with Crippen LogP contribution in [0.25, 0.3) is 0 Å². The smallest absolute Gasteiger partial charge is 0.338 e. The van der Waals surface area contributed by atoms with E-state index in [-0.39, 0.29) is 5.97 Å². The number of nitrogens with two attached hydrogens (primary N) is 1. The second-order valence-corrected chi connectivity index (χ2v) is 2.84. The van der Waals surface area contributed by atoms with Crippen molar-refractivity contribution in [2.75, 3.05) is 12.0 Å². The molecule has 4 nitrogen and oxygen atoms in total. The molecule has 1 aromatic carbocycles. The van der Waals surface area contributed by atoms with Crippen LogP contribution in [-0.2, 0) is 4.74 Å². The van der Waals surface area contributed by atoms with Gasteiger partial charge in [0.2, 0.25) is 0 Å². The van der Waals surface area contributed by atoms with Gasteiger partial charge in [-0.05, 0) is 31.5 Å². The van der Waals surface area contributed by atoms with E-state index in [0.29, 0.717) is 12.2 Å². The van der Waals surface area contributed by atoms with Crippen molar-refractivity contribution in [2.24, 2.45) is 5.84 Å². The number of ether oxygens (including phenoxy) is 1. The minimum atomic E-state index is -0.317. The van der Waals surface area contributed by atoms with E-state index in [2.05, 4.69) is 5.43 Å². The van der Waals surface area contributed by atoms with E-state index in [4.69, 9.17) is 10.6 Å². The Morgan fingerprint density at radius 2 is 2.29 bits per heavy atom. The van der Waals surface area contributed by atoms with Gasteiger partial charge in [0.05, 0.1) is 17.9 Å². The van der Waals surface area contributed by atoms with Gasteiger partial charge in [0.25, 0.3) is 0 Å². The summed E-state index contributed by atoms with van der Waals surface area (Å²) in [5, 5.41) is 0. The Morgan fingerprint density at radius 1 is 1.57 bits per heavy atom. The molecule has 0 bridgehead atoms. The first kappa shape index (κ1) is 10.5. The van der Waals surface area contributed by atoms with Gasteiger partial charge >= 0.3 is 5.97 Å². The first-order valence-electron chi connectivity index (χ1n) is 4.44. The van der Waals surface area contributed by atoms with Gasteiger partial charge in [0.1, 0.15) is 0 Å². The summed E-state index contributed by atoms with van der Waals surface area (Å²) in [7, 11) is 0. The zero-order valence-corrected chi connectivity index (χ0v) is 8.33. The number of esters is 1. The highest BCUT2D eigenvalue weighted by atomic mass is 16.5. The molecule has 0 spiro atoms. The van der Waals surface area contributed by atoms with Gasteiger partial charge in [-0.2, -0.15) is 0 Å². The molecule has 0 aliphatic heterocycles. The van der Waals surface area contributed by atoms with Crippen molar-refractivity contribution in [3.8, 4) is 0 Å². The number of rotatable bonds is 3. The zero-order valence-electron chi connectivity index (χ0n) is 8.33. The van der Waals surface area contributed by atoms with Crippen molar-refractivity contribution in [1.29, 1.82) is 0 Å². The molecule has 14 heavy (non-hydrogen) atoms. The lowest BCUT2D eigenvalue weighted by Gasteiger charge is -2.09. The summed E-state index contributed by atoms with van der Waals surface area (Å²) in [6.07, 6.45) is 0. The van der Waals surface area contributed by atoms with Crippen molar-refractivity contribution in [2.45, 2.75) is 13.8 Å². The average Bonchev–Trinajstić information content (AvgIpc) is 2.18. The van der Waals surface area contributed by atoms with Crippen LogP contribution in [0.15, 0.2) is 18.2 Å². The second kappa shape index (κ2) is 4.62. The maximum atomic E-state index is 11.4. The fourth-order valence-electron chi connectivity index (χ4n) is 1.22. The fourth-order valence-corrected chi connectivity index (χ4v) is 1.22. The molecule has 0 saturated carbocycles. The number of carbonyl (C=O) groups is 1. The molecular weight excluding hydrogens is 180 g/mol. The van der Waals surface area contributed by atoms with E-state index >= 15 is 0 Å². The van der Waals surface area contributed by atoms with E-state index in [1.807, 2.05) is 6.92 Å². The summed E-state index contributed by atoms with van der Waals surface area (Å²) in [6.45, 7) is 3.97. The molecule has 0 saturated heterocycles. The minimum Gasteiger partial charge on any atom is -0.462 e. The Morgan fingerprint density at radius 3 is 2.86 bits per heavy atom. The maximum Gasteiger partial charge on any atom is 0.338 e. The Bertz CT molecular complexity index is 337. The molecular formula is C10H14N2O2. The largest absolute Gasteiger partial charge is 0.462 e. The molecule has 0 unspecified atom stereocenters. The molecule has 1 rings (SSSR count). The van der Waals surface area contributed by atoms with Crippen LogP contribution in [-0.4, -0.2) is 12.6 Å². The quantitative estimate of drug-likeness (QED) is 0.434. The first-order valence-corrected chi connectivity index (χ1v) is 4.44. The number of hydrazine groups is 1. The Labute approximate surface area is 83.0 Å². The number of nitrogens with one attached hydrogen (secondary N) is 1. The summed E-state index contributed by atoms with van der Waals surface area (Å²) in [5.74, 6) is 4.97. The van der Waals surface area contributed by atoms with Gasteiger partial charge in [-0.1, -0.05) is 6.07 Å². The van der Waals surface area contributed by atoms with E-state index < -0.39 is 0 Å². The maximum absolute atomic E-state index is 11.4. The lowest BCUT2D eigenvalue weighted by molar-refractivity contribution is 0.0525. The van der Waals surface area contributed by atoms with Crippen LogP contribution in [0.3, 0.4) is 0 Å². The summed E-state index contributed by atoms with van der Waals surface area (Å²) in [4.78, 5) is 11.4.